The van der Waals surface area contributed by atoms with Crippen molar-refractivity contribution in [1.82, 2.24) is 0 Å². The van der Waals surface area contributed by atoms with Gasteiger partial charge in [-0.25, -0.2) is 9.18 Å². The number of aryl methyl sites for hydroxylation is 1. The Morgan fingerprint density at radius 2 is 2.05 bits per heavy atom. The van der Waals surface area contributed by atoms with Gasteiger partial charge in [0.25, 0.3) is 0 Å². The summed E-state index contributed by atoms with van der Waals surface area (Å²) in [6, 6.07) is 3.01. The molecule has 0 saturated heterocycles. The summed E-state index contributed by atoms with van der Waals surface area (Å²) < 4.78 is 24.3. The molecule has 0 aliphatic carbocycles. The first-order chi connectivity index (χ1) is 9.43. The molecule has 1 aromatic heterocycles. The number of ether oxygens (including phenoxy) is 2. The first kappa shape index (κ1) is 15.0. The molecule has 6 heteroatoms. The zero-order valence-electron chi connectivity index (χ0n) is 11.1. The predicted molar refractivity (Wildman–Crippen MR) is 79.3 cm³/mol. The third-order valence-electron chi connectivity index (χ3n) is 2.76. The molecule has 3 nitrogen and oxygen atoms in total. The lowest BCUT2D eigenvalue weighted by molar-refractivity contribution is 0.0606. The van der Waals surface area contributed by atoms with Gasteiger partial charge in [0.15, 0.2) is 0 Å². The Labute approximate surface area is 128 Å². The van der Waals surface area contributed by atoms with Crippen LogP contribution >= 0.6 is 27.3 Å². The number of benzene rings is 1. The van der Waals surface area contributed by atoms with Crippen molar-refractivity contribution in [2.75, 3.05) is 7.11 Å². The minimum Gasteiger partial charge on any atom is -0.465 e. The lowest BCUT2D eigenvalue weighted by atomic mass is 10.1. The van der Waals surface area contributed by atoms with Crippen LogP contribution in [0.3, 0.4) is 0 Å². The summed E-state index contributed by atoms with van der Waals surface area (Å²) >= 11 is 4.43. The maximum atomic E-state index is 13.6. The van der Waals surface area contributed by atoms with Crippen molar-refractivity contribution in [2.24, 2.45) is 0 Å². The fourth-order valence-electron chi connectivity index (χ4n) is 1.75. The molecule has 0 aliphatic rings. The van der Waals surface area contributed by atoms with Gasteiger partial charge in [-0.2, -0.15) is 0 Å². The molecule has 0 unspecified atom stereocenters. The molecule has 0 spiro atoms. The van der Waals surface area contributed by atoms with Gasteiger partial charge in [-0.3, -0.25) is 0 Å². The highest BCUT2D eigenvalue weighted by Crippen LogP contribution is 2.36. The van der Waals surface area contributed by atoms with Crippen LogP contribution in [0.25, 0.3) is 0 Å². The number of carbonyl (C=O) groups excluding carboxylic acids is 1. The maximum absolute atomic E-state index is 13.6. The van der Waals surface area contributed by atoms with Crippen molar-refractivity contribution >= 4 is 33.2 Å². The zero-order valence-corrected chi connectivity index (χ0v) is 13.5. The van der Waals surface area contributed by atoms with E-state index in [1.54, 1.807) is 25.3 Å². The fraction of sp³-hybridized carbons (Fsp3) is 0.214. The predicted octanol–water partition coefficient (Wildman–Crippen LogP) is 4.85. The lowest BCUT2D eigenvalue weighted by Gasteiger charge is -2.12. The van der Waals surface area contributed by atoms with E-state index in [0.717, 1.165) is 0 Å². The van der Waals surface area contributed by atoms with Crippen LogP contribution in [0.15, 0.2) is 22.0 Å². The molecule has 0 atom stereocenters. The Balaban J connectivity index is 2.33. The summed E-state index contributed by atoms with van der Waals surface area (Å²) in [6.45, 7) is 3.54. The summed E-state index contributed by atoms with van der Waals surface area (Å²) in [7, 11) is 1.33. The van der Waals surface area contributed by atoms with E-state index in [9.17, 15) is 9.18 Å². The topological polar surface area (TPSA) is 35.5 Å². The summed E-state index contributed by atoms with van der Waals surface area (Å²) in [5.41, 5.74) is 1.36. The van der Waals surface area contributed by atoms with E-state index in [-0.39, 0.29) is 5.82 Å². The molecule has 1 aromatic carbocycles. The van der Waals surface area contributed by atoms with Gasteiger partial charge in [0.05, 0.1) is 11.6 Å². The molecular formula is C14H12BrFO3S. The normalized spacial score (nSPS) is 10.4. The highest BCUT2D eigenvalue weighted by atomic mass is 79.9. The number of thiophene rings is 1. The zero-order chi connectivity index (χ0) is 14.9. The molecule has 0 radical (unpaired) electrons. The van der Waals surface area contributed by atoms with E-state index in [2.05, 4.69) is 20.7 Å². The molecule has 20 heavy (non-hydrogen) atoms. The molecule has 0 aliphatic heterocycles. The summed E-state index contributed by atoms with van der Waals surface area (Å²) in [5.74, 6) is 0.374. The van der Waals surface area contributed by atoms with Crippen molar-refractivity contribution in [3.63, 3.8) is 0 Å². The largest absolute Gasteiger partial charge is 0.465 e. The third kappa shape index (κ3) is 2.86. The van der Waals surface area contributed by atoms with Crippen LogP contribution in [-0.2, 0) is 4.74 Å². The van der Waals surface area contributed by atoms with Crippen LogP contribution in [0.4, 0.5) is 4.39 Å². The number of carbonyl (C=O) groups is 1. The van der Waals surface area contributed by atoms with Gasteiger partial charge in [-0.1, -0.05) is 0 Å². The van der Waals surface area contributed by atoms with Gasteiger partial charge >= 0.3 is 5.97 Å². The number of rotatable bonds is 3. The molecule has 106 valence electrons. The van der Waals surface area contributed by atoms with Gasteiger partial charge in [-0.15, -0.1) is 11.3 Å². The third-order valence-corrected chi connectivity index (χ3v) is 4.62. The van der Waals surface area contributed by atoms with Crippen LogP contribution in [0.2, 0.25) is 0 Å². The Kier molecular flexibility index (Phi) is 4.45. The summed E-state index contributed by atoms with van der Waals surface area (Å²) in [5, 5.41) is 1.71. The molecule has 0 N–H and O–H groups in total. The van der Waals surface area contributed by atoms with Gasteiger partial charge in [0.2, 0.25) is 0 Å². The first-order valence-electron chi connectivity index (χ1n) is 5.74. The molecule has 0 saturated carbocycles. The minimum atomic E-state index is -0.404. The average Bonchev–Trinajstić information content (AvgIpc) is 2.89. The summed E-state index contributed by atoms with van der Waals surface area (Å²) in [6.07, 6.45) is 0. The first-order valence-corrected chi connectivity index (χ1v) is 7.41. The molecule has 1 heterocycles. The van der Waals surface area contributed by atoms with E-state index in [0.29, 0.717) is 32.0 Å². The molecule has 2 aromatic rings. The number of hydrogen-bond donors (Lipinski definition) is 0. The SMILES string of the molecule is COC(=O)c1cc(Oc2c(C)cc(F)c(Br)c2C)cs1. The van der Waals surface area contributed by atoms with E-state index in [1.807, 2.05) is 0 Å². The van der Waals surface area contributed by atoms with Gasteiger partial charge in [0.1, 0.15) is 22.2 Å². The van der Waals surface area contributed by atoms with Crippen molar-refractivity contribution in [2.45, 2.75) is 13.8 Å². The standard InChI is InChI=1S/C14H12BrFO3S/c1-7-4-10(16)12(15)8(2)13(7)19-9-5-11(20-6-9)14(17)18-3/h4-6H,1-3H3. The fourth-order valence-corrected chi connectivity index (χ4v) is 2.77. The Morgan fingerprint density at radius 1 is 1.35 bits per heavy atom. The Morgan fingerprint density at radius 3 is 2.70 bits per heavy atom. The van der Waals surface area contributed by atoms with Crippen LogP contribution < -0.4 is 4.74 Å². The monoisotopic (exact) mass is 358 g/mol. The van der Waals surface area contributed by atoms with E-state index < -0.39 is 5.97 Å². The molecule has 0 amide bonds. The van der Waals surface area contributed by atoms with Crippen molar-refractivity contribution in [3.8, 4) is 11.5 Å². The second-order valence-corrected chi connectivity index (χ2v) is 5.89. The van der Waals surface area contributed by atoms with E-state index in [4.69, 9.17) is 4.74 Å². The second-order valence-electron chi connectivity index (χ2n) is 4.18. The quantitative estimate of drug-likeness (QED) is 0.736. The molecule has 0 bridgehead atoms. The van der Waals surface area contributed by atoms with Crippen molar-refractivity contribution in [3.05, 3.63) is 43.8 Å². The lowest BCUT2D eigenvalue weighted by Crippen LogP contribution is -1.97. The van der Waals surface area contributed by atoms with Gasteiger partial charge in [-0.05, 0) is 41.4 Å². The Hall–Kier alpha value is -1.40. The maximum Gasteiger partial charge on any atom is 0.348 e. The van der Waals surface area contributed by atoms with E-state index in [1.165, 1.54) is 24.5 Å². The van der Waals surface area contributed by atoms with Gasteiger partial charge in [0, 0.05) is 17.0 Å². The van der Waals surface area contributed by atoms with Crippen LogP contribution in [-0.4, -0.2) is 13.1 Å². The minimum absolute atomic E-state index is 0.326. The Bertz CT molecular complexity index is 667. The second kappa shape index (κ2) is 5.93. The van der Waals surface area contributed by atoms with Crippen LogP contribution in [0.5, 0.6) is 11.5 Å². The number of esters is 1. The molecular weight excluding hydrogens is 347 g/mol. The molecule has 0 fully saturated rings. The summed E-state index contributed by atoms with van der Waals surface area (Å²) in [4.78, 5) is 11.8. The van der Waals surface area contributed by atoms with Gasteiger partial charge < -0.3 is 9.47 Å². The smallest absolute Gasteiger partial charge is 0.348 e. The van der Waals surface area contributed by atoms with Crippen molar-refractivity contribution < 1.29 is 18.7 Å². The van der Waals surface area contributed by atoms with Crippen LogP contribution in [0.1, 0.15) is 20.8 Å². The van der Waals surface area contributed by atoms with Crippen LogP contribution in [0, 0.1) is 19.7 Å². The van der Waals surface area contributed by atoms with E-state index >= 15 is 0 Å². The number of methoxy groups -OCH3 is 1. The number of halogens is 2. The molecule has 2 rings (SSSR count). The average molecular weight is 359 g/mol. The highest BCUT2D eigenvalue weighted by Gasteiger charge is 2.15. The van der Waals surface area contributed by atoms with Crippen molar-refractivity contribution in [1.29, 1.82) is 0 Å². The highest BCUT2D eigenvalue weighted by molar-refractivity contribution is 9.10. The number of hydrogen-bond acceptors (Lipinski definition) is 4.